The van der Waals surface area contributed by atoms with Crippen LogP contribution >= 0.6 is 11.6 Å². The first kappa shape index (κ1) is 22.3. The van der Waals surface area contributed by atoms with Crippen LogP contribution in [0.3, 0.4) is 0 Å². The van der Waals surface area contributed by atoms with E-state index in [4.69, 9.17) is 22.2 Å². The molecule has 0 saturated heterocycles. The first-order valence-corrected chi connectivity index (χ1v) is 10.2. The SMILES string of the molecule is CCC(CC=Cc1ccc(C(=O)NN)c2ccccc12)OC(=O)c1ccc(O)c(Cl)c1. The molecule has 6 nitrogen and oxygen atoms in total. The van der Waals surface area contributed by atoms with Gasteiger partial charge in [0.2, 0.25) is 0 Å². The van der Waals surface area contributed by atoms with Gasteiger partial charge in [0.25, 0.3) is 5.91 Å². The summed E-state index contributed by atoms with van der Waals surface area (Å²) in [4.78, 5) is 24.4. The number of nitrogens with two attached hydrogens (primary N) is 1. The molecule has 7 heteroatoms. The number of benzene rings is 3. The van der Waals surface area contributed by atoms with Gasteiger partial charge in [-0.1, -0.05) is 61.0 Å². The van der Waals surface area contributed by atoms with Gasteiger partial charge in [-0.15, -0.1) is 0 Å². The molecule has 0 radical (unpaired) electrons. The minimum absolute atomic E-state index is 0.0876. The van der Waals surface area contributed by atoms with Crippen LogP contribution in [-0.2, 0) is 4.74 Å². The fourth-order valence-corrected chi connectivity index (χ4v) is 3.42. The number of nitrogen functional groups attached to an aromatic ring is 1. The molecule has 1 amide bonds. The molecular weight excluding hydrogens is 416 g/mol. The minimum Gasteiger partial charge on any atom is -0.506 e. The van der Waals surface area contributed by atoms with E-state index < -0.39 is 5.97 Å². The summed E-state index contributed by atoms with van der Waals surface area (Å²) in [7, 11) is 0. The number of phenolic OH excluding ortho intramolecular Hbond substituents is 1. The summed E-state index contributed by atoms with van der Waals surface area (Å²) >= 11 is 5.87. The number of halogens is 1. The Morgan fingerprint density at radius 3 is 2.58 bits per heavy atom. The van der Waals surface area contributed by atoms with Crippen molar-refractivity contribution < 1.29 is 19.4 Å². The van der Waals surface area contributed by atoms with E-state index in [1.165, 1.54) is 18.2 Å². The molecule has 1 atom stereocenters. The van der Waals surface area contributed by atoms with Crippen LogP contribution in [0, 0.1) is 0 Å². The van der Waals surface area contributed by atoms with Crippen LogP contribution in [0.1, 0.15) is 46.0 Å². The molecular formula is C24H23ClN2O4. The number of hydrogen-bond donors (Lipinski definition) is 3. The van der Waals surface area contributed by atoms with Gasteiger partial charge in [0.1, 0.15) is 11.9 Å². The number of hydrogen-bond acceptors (Lipinski definition) is 5. The Hall–Kier alpha value is -3.35. The highest BCUT2D eigenvalue weighted by Crippen LogP contribution is 2.26. The number of esters is 1. The van der Waals surface area contributed by atoms with Gasteiger partial charge >= 0.3 is 5.97 Å². The Morgan fingerprint density at radius 1 is 1.16 bits per heavy atom. The van der Waals surface area contributed by atoms with Gasteiger partial charge in [-0.25, -0.2) is 10.6 Å². The number of nitrogens with one attached hydrogen (secondary N) is 1. The number of rotatable bonds is 7. The number of carbonyl (C=O) groups is 2. The van der Waals surface area contributed by atoms with Gasteiger partial charge in [-0.05, 0) is 47.0 Å². The second-order valence-corrected chi connectivity index (χ2v) is 7.37. The highest BCUT2D eigenvalue weighted by atomic mass is 35.5. The van der Waals surface area contributed by atoms with E-state index in [0.717, 1.165) is 16.3 Å². The van der Waals surface area contributed by atoms with E-state index in [-0.39, 0.29) is 28.3 Å². The minimum atomic E-state index is -0.496. The largest absolute Gasteiger partial charge is 0.506 e. The number of ether oxygens (including phenoxy) is 1. The lowest BCUT2D eigenvalue weighted by Gasteiger charge is -2.15. The molecule has 0 fully saturated rings. The maximum atomic E-state index is 12.4. The Labute approximate surface area is 185 Å². The summed E-state index contributed by atoms with van der Waals surface area (Å²) in [6.07, 6.45) is 4.73. The molecule has 0 heterocycles. The second-order valence-electron chi connectivity index (χ2n) is 6.96. The van der Waals surface area contributed by atoms with Crippen molar-refractivity contribution in [1.82, 2.24) is 5.43 Å². The molecule has 31 heavy (non-hydrogen) atoms. The highest BCUT2D eigenvalue weighted by molar-refractivity contribution is 6.32. The average molecular weight is 439 g/mol. The first-order chi connectivity index (χ1) is 14.9. The lowest BCUT2D eigenvalue weighted by Crippen LogP contribution is -2.30. The van der Waals surface area contributed by atoms with Crippen LogP contribution < -0.4 is 11.3 Å². The van der Waals surface area contributed by atoms with E-state index in [0.29, 0.717) is 18.4 Å². The highest BCUT2D eigenvalue weighted by Gasteiger charge is 2.15. The van der Waals surface area contributed by atoms with E-state index in [2.05, 4.69) is 5.43 Å². The first-order valence-electron chi connectivity index (χ1n) is 9.83. The third-order valence-electron chi connectivity index (χ3n) is 4.94. The maximum Gasteiger partial charge on any atom is 0.338 e. The molecule has 0 spiro atoms. The molecule has 3 aromatic rings. The molecule has 1 unspecified atom stereocenters. The predicted octanol–water partition coefficient (Wildman–Crippen LogP) is 4.84. The van der Waals surface area contributed by atoms with Crippen LogP contribution in [0.15, 0.2) is 60.7 Å². The Kier molecular flexibility index (Phi) is 7.28. The number of phenols is 1. The zero-order valence-corrected chi connectivity index (χ0v) is 17.7. The number of carbonyl (C=O) groups excluding carboxylic acids is 2. The van der Waals surface area contributed by atoms with Crippen molar-refractivity contribution in [1.29, 1.82) is 0 Å². The average Bonchev–Trinajstić information content (AvgIpc) is 2.79. The number of aromatic hydroxyl groups is 1. The molecule has 160 valence electrons. The van der Waals surface area contributed by atoms with Gasteiger partial charge in [-0.2, -0.15) is 0 Å². The van der Waals surface area contributed by atoms with Gasteiger partial charge in [0, 0.05) is 12.0 Å². The zero-order valence-electron chi connectivity index (χ0n) is 17.0. The summed E-state index contributed by atoms with van der Waals surface area (Å²) < 4.78 is 5.57. The number of fused-ring (bicyclic) bond motifs is 1. The van der Waals surface area contributed by atoms with Crippen molar-refractivity contribution in [3.05, 3.63) is 82.4 Å². The van der Waals surface area contributed by atoms with Gasteiger partial charge in [-0.3, -0.25) is 10.2 Å². The summed E-state index contributed by atoms with van der Waals surface area (Å²) in [5, 5.41) is 11.3. The fourth-order valence-electron chi connectivity index (χ4n) is 3.24. The van der Waals surface area contributed by atoms with Crippen molar-refractivity contribution in [3.63, 3.8) is 0 Å². The van der Waals surface area contributed by atoms with Crippen LogP contribution in [0.25, 0.3) is 16.8 Å². The topological polar surface area (TPSA) is 102 Å². The van der Waals surface area contributed by atoms with E-state index >= 15 is 0 Å². The van der Waals surface area contributed by atoms with Gasteiger partial charge in [0.05, 0.1) is 10.6 Å². The van der Waals surface area contributed by atoms with Crippen LogP contribution in [0.2, 0.25) is 5.02 Å². The van der Waals surface area contributed by atoms with Gasteiger partial charge < -0.3 is 9.84 Å². The monoisotopic (exact) mass is 438 g/mol. The second kappa shape index (κ2) is 10.1. The molecule has 0 aliphatic carbocycles. The zero-order chi connectivity index (χ0) is 22.4. The lowest BCUT2D eigenvalue weighted by molar-refractivity contribution is 0.0300. The maximum absolute atomic E-state index is 12.4. The quantitative estimate of drug-likeness (QED) is 0.212. The number of amides is 1. The molecule has 3 aromatic carbocycles. The summed E-state index contributed by atoms with van der Waals surface area (Å²) in [5.74, 6) is 4.35. The molecule has 0 saturated carbocycles. The van der Waals surface area contributed by atoms with Crippen molar-refractivity contribution in [2.24, 2.45) is 5.84 Å². The molecule has 0 aliphatic rings. The summed E-state index contributed by atoms with van der Waals surface area (Å²) in [6, 6.07) is 15.4. The lowest BCUT2D eigenvalue weighted by atomic mass is 9.98. The van der Waals surface area contributed by atoms with Gasteiger partial charge in [0.15, 0.2) is 0 Å². The third kappa shape index (κ3) is 5.23. The van der Waals surface area contributed by atoms with E-state index in [9.17, 15) is 14.7 Å². The van der Waals surface area contributed by atoms with Crippen LogP contribution in [-0.4, -0.2) is 23.1 Å². The summed E-state index contributed by atoms with van der Waals surface area (Å²) in [6.45, 7) is 1.94. The number of hydrazine groups is 1. The van der Waals surface area contributed by atoms with E-state index in [1.54, 1.807) is 6.07 Å². The van der Waals surface area contributed by atoms with Crippen LogP contribution in [0.4, 0.5) is 0 Å². The Bertz CT molecular complexity index is 1140. The molecule has 4 N–H and O–H groups in total. The van der Waals surface area contributed by atoms with Crippen molar-refractivity contribution in [2.75, 3.05) is 0 Å². The smallest absolute Gasteiger partial charge is 0.338 e. The molecule has 0 aromatic heterocycles. The third-order valence-corrected chi connectivity index (χ3v) is 5.25. The van der Waals surface area contributed by atoms with E-state index in [1.807, 2.05) is 49.4 Å². The molecule has 0 aliphatic heterocycles. The van der Waals surface area contributed by atoms with Crippen LogP contribution in [0.5, 0.6) is 5.75 Å². The normalized spacial score (nSPS) is 12.1. The Balaban J connectivity index is 1.74. The predicted molar refractivity (Wildman–Crippen MR) is 122 cm³/mol. The standard InChI is InChI=1S/C24H23ClN2O4/c1-2-17(31-24(30)16-11-13-22(28)21(25)14-16)7-5-6-15-10-12-20(23(29)27-26)19-9-4-3-8-18(15)19/h3-6,8-14,17,28H,2,7,26H2,1H3,(H,27,29). The van der Waals surface area contributed by atoms with Crippen molar-refractivity contribution >= 4 is 40.3 Å². The molecule has 0 bridgehead atoms. The van der Waals surface area contributed by atoms with Crippen molar-refractivity contribution in [3.8, 4) is 5.75 Å². The summed E-state index contributed by atoms with van der Waals surface area (Å²) in [5.41, 5.74) is 3.89. The Morgan fingerprint density at radius 2 is 1.90 bits per heavy atom. The van der Waals surface area contributed by atoms with Crippen molar-refractivity contribution in [2.45, 2.75) is 25.9 Å². The molecule has 3 rings (SSSR count). The fraction of sp³-hybridized carbons (Fsp3) is 0.167.